The van der Waals surface area contributed by atoms with E-state index in [1.807, 2.05) is 0 Å². The molecule has 0 radical (unpaired) electrons. The SMILES string of the molecule is CCC1(c2ccc(F)cc2)NC(=O)N(Cc2c(C)noc2C)C1=O. The first-order valence-corrected chi connectivity index (χ1v) is 7.71. The molecule has 2 heterocycles. The maximum Gasteiger partial charge on any atom is 0.325 e. The monoisotopic (exact) mass is 331 g/mol. The average molecular weight is 331 g/mol. The van der Waals surface area contributed by atoms with Crippen molar-refractivity contribution < 1.29 is 18.5 Å². The molecule has 1 saturated heterocycles. The van der Waals surface area contributed by atoms with Gasteiger partial charge in [-0.1, -0.05) is 24.2 Å². The molecule has 1 unspecified atom stereocenters. The molecule has 6 nitrogen and oxygen atoms in total. The van der Waals surface area contributed by atoms with Gasteiger partial charge in [0.1, 0.15) is 17.1 Å². The molecule has 1 fully saturated rings. The van der Waals surface area contributed by atoms with Crippen molar-refractivity contribution in [2.75, 3.05) is 0 Å². The molecule has 1 atom stereocenters. The Balaban J connectivity index is 1.96. The van der Waals surface area contributed by atoms with Crippen molar-refractivity contribution >= 4 is 11.9 Å². The van der Waals surface area contributed by atoms with Crippen LogP contribution in [0.2, 0.25) is 0 Å². The third-order valence-corrected chi connectivity index (χ3v) is 4.54. The van der Waals surface area contributed by atoms with Crippen LogP contribution in [0, 0.1) is 19.7 Å². The highest BCUT2D eigenvalue weighted by Gasteiger charge is 2.51. The fraction of sp³-hybridized carbons (Fsp3) is 0.353. The van der Waals surface area contributed by atoms with Gasteiger partial charge in [0.05, 0.1) is 12.2 Å². The zero-order chi connectivity index (χ0) is 17.5. The van der Waals surface area contributed by atoms with Crippen LogP contribution < -0.4 is 5.32 Å². The van der Waals surface area contributed by atoms with Crippen molar-refractivity contribution in [3.05, 3.63) is 52.7 Å². The van der Waals surface area contributed by atoms with E-state index in [1.54, 1.807) is 20.8 Å². The second-order valence-corrected chi connectivity index (χ2v) is 5.89. The van der Waals surface area contributed by atoms with Crippen LogP contribution in [0.4, 0.5) is 9.18 Å². The lowest BCUT2D eigenvalue weighted by atomic mass is 9.87. The molecule has 1 aliphatic heterocycles. The Labute approximate surface area is 138 Å². The van der Waals surface area contributed by atoms with Gasteiger partial charge in [-0.05, 0) is 38.0 Å². The molecule has 3 amide bonds. The van der Waals surface area contributed by atoms with Crippen molar-refractivity contribution in [3.8, 4) is 0 Å². The summed E-state index contributed by atoms with van der Waals surface area (Å²) in [5.41, 5.74) is 0.739. The molecule has 0 aliphatic carbocycles. The molecule has 126 valence electrons. The summed E-state index contributed by atoms with van der Waals surface area (Å²) in [5.74, 6) is -0.181. The molecule has 1 aliphatic rings. The highest BCUT2D eigenvalue weighted by Crippen LogP contribution is 2.33. The average Bonchev–Trinajstić information content (AvgIpc) is 3.01. The van der Waals surface area contributed by atoms with E-state index in [9.17, 15) is 14.0 Å². The largest absolute Gasteiger partial charge is 0.361 e. The minimum atomic E-state index is -1.18. The molecule has 2 aromatic rings. The summed E-state index contributed by atoms with van der Waals surface area (Å²) in [7, 11) is 0. The Bertz CT molecular complexity index is 780. The van der Waals surface area contributed by atoms with Gasteiger partial charge in [-0.15, -0.1) is 0 Å². The molecule has 0 saturated carbocycles. The van der Waals surface area contributed by atoms with Crippen LogP contribution in [0.3, 0.4) is 0 Å². The number of carbonyl (C=O) groups excluding carboxylic acids is 2. The second-order valence-electron chi connectivity index (χ2n) is 5.89. The molecular weight excluding hydrogens is 313 g/mol. The van der Waals surface area contributed by atoms with Crippen LogP contribution in [0.1, 0.15) is 35.9 Å². The van der Waals surface area contributed by atoms with Gasteiger partial charge < -0.3 is 9.84 Å². The Morgan fingerprint density at radius 1 is 1.25 bits per heavy atom. The number of carbonyl (C=O) groups is 2. The third-order valence-electron chi connectivity index (χ3n) is 4.54. The molecule has 7 heteroatoms. The lowest BCUT2D eigenvalue weighted by Crippen LogP contribution is -2.43. The van der Waals surface area contributed by atoms with Crippen LogP contribution in [0.25, 0.3) is 0 Å². The van der Waals surface area contributed by atoms with E-state index in [0.29, 0.717) is 29.0 Å². The van der Waals surface area contributed by atoms with E-state index in [4.69, 9.17) is 4.52 Å². The van der Waals surface area contributed by atoms with Crippen LogP contribution in [0.5, 0.6) is 0 Å². The van der Waals surface area contributed by atoms with Crippen molar-refractivity contribution in [1.29, 1.82) is 0 Å². The molecular formula is C17H18FN3O3. The fourth-order valence-electron chi connectivity index (χ4n) is 3.03. The summed E-state index contributed by atoms with van der Waals surface area (Å²) in [6.07, 6.45) is 0.362. The van der Waals surface area contributed by atoms with Crippen LogP contribution in [-0.4, -0.2) is 22.0 Å². The van der Waals surface area contributed by atoms with Gasteiger partial charge in [-0.25, -0.2) is 9.18 Å². The standard InChI is InChI=1S/C17H18FN3O3/c1-4-17(12-5-7-13(18)8-6-12)15(22)21(16(23)19-17)9-14-10(2)20-24-11(14)3/h5-8H,4,9H2,1-3H3,(H,19,23). The number of halogens is 1. The van der Waals surface area contributed by atoms with Crippen molar-refractivity contribution in [2.45, 2.75) is 39.3 Å². The third kappa shape index (κ3) is 2.36. The first kappa shape index (κ1) is 16.2. The zero-order valence-corrected chi connectivity index (χ0v) is 13.7. The topological polar surface area (TPSA) is 75.4 Å². The first-order valence-electron chi connectivity index (χ1n) is 7.71. The molecule has 1 aromatic heterocycles. The molecule has 3 rings (SSSR count). The summed E-state index contributed by atoms with van der Waals surface area (Å²) in [4.78, 5) is 26.6. The van der Waals surface area contributed by atoms with Crippen LogP contribution >= 0.6 is 0 Å². The Morgan fingerprint density at radius 2 is 1.92 bits per heavy atom. The number of imide groups is 1. The van der Waals surface area contributed by atoms with E-state index in [1.165, 1.54) is 24.3 Å². The lowest BCUT2D eigenvalue weighted by Gasteiger charge is -2.25. The minimum absolute atomic E-state index is 0.0920. The molecule has 1 N–H and O–H groups in total. The number of nitrogens with one attached hydrogen (secondary N) is 1. The summed E-state index contributed by atoms with van der Waals surface area (Å²) in [6, 6.07) is 5.13. The summed E-state index contributed by atoms with van der Waals surface area (Å²) >= 11 is 0. The predicted molar refractivity (Wildman–Crippen MR) is 83.4 cm³/mol. The van der Waals surface area contributed by atoms with Gasteiger partial charge in [0.25, 0.3) is 5.91 Å². The van der Waals surface area contributed by atoms with Gasteiger partial charge >= 0.3 is 6.03 Å². The second kappa shape index (κ2) is 5.74. The smallest absolute Gasteiger partial charge is 0.325 e. The quantitative estimate of drug-likeness (QED) is 0.874. The number of aryl methyl sites for hydroxylation is 2. The van der Waals surface area contributed by atoms with Gasteiger partial charge in [0.2, 0.25) is 0 Å². The first-order chi connectivity index (χ1) is 11.4. The Kier molecular flexibility index (Phi) is 3.87. The fourth-order valence-corrected chi connectivity index (χ4v) is 3.03. The van der Waals surface area contributed by atoms with E-state index < -0.39 is 17.4 Å². The maximum atomic E-state index is 13.2. The highest BCUT2D eigenvalue weighted by molar-refractivity contribution is 6.07. The number of rotatable bonds is 4. The Hall–Kier alpha value is -2.70. The van der Waals surface area contributed by atoms with Gasteiger partial charge in [-0.2, -0.15) is 0 Å². The summed E-state index contributed by atoms with van der Waals surface area (Å²) < 4.78 is 18.3. The van der Waals surface area contributed by atoms with Gasteiger partial charge in [0.15, 0.2) is 0 Å². The maximum absolute atomic E-state index is 13.2. The zero-order valence-electron chi connectivity index (χ0n) is 13.7. The molecule has 24 heavy (non-hydrogen) atoms. The van der Waals surface area contributed by atoms with Crippen molar-refractivity contribution in [1.82, 2.24) is 15.4 Å². The highest BCUT2D eigenvalue weighted by atomic mass is 19.1. The van der Waals surface area contributed by atoms with E-state index in [-0.39, 0.29) is 12.5 Å². The van der Waals surface area contributed by atoms with Crippen molar-refractivity contribution in [3.63, 3.8) is 0 Å². The summed E-state index contributed by atoms with van der Waals surface area (Å²) in [5, 5.41) is 6.61. The molecule has 1 aromatic carbocycles. The van der Waals surface area contributed by atoms with Gasteiger partial charge in [0, 0.05) is 5.56 Å². The normalized spacial score (nSPS) is 20.6. The van der Waals surface area contributed by atoms with Crippen LogP contribution in [0.15, 0.2) is 28.8 Å². The van der Waals surface area contributed by atoms with E-state index >= 15 is 0 Å². The number of nitrogens with zero attached hydrogens (tertiary/aromatic N) is 2. The minimum Gasteiger partial charge on any atom is -0.361 e. The molecule has 0 spiro atoms. The number of urea groups is 1. The number of hydrogen-bond acceptors (Lipinski definition) is 4. The Morgan fingerprint density at radius 3 is 2.46 bits per heavy atom. The number of aromatic nitrogens is 1. The van der Waals surface area contributed by atoms with Crippen LogP contribution in [-0.2, 0) is 16.9 Å². The molecule has 0 bridgehead atoms. The summed E-state index contributed by atoms with van der Waals surface area (Å²) in [6.45, 7) is 5.40. The number of hydrogen-bond donors (Lipinski definition) is 1. The lowest BCUT2D eigenvalue weighted by molar-refractivity contribution is -0.132. The van der Waals surface area contributed by atoms with Crippen molar-refractivity contribution in [2.24, 2.45) is 0 Å². The van der Waals surface area contributed by atoms with E-state index in [2.05, 4.69) is 10.5 Å². The van der Waals surface area contributed by atoms with E-state index in [0.717, 1.165) is 4.90 Å². The number of benzene rings is 1. The van der Waals surface area contributed by atoms with Gasteiger partial charge in [-0.3, -0.25) is 9.69 Å². The predicted octanol–water partition coefficient (Wildman–Crippen LogP) is 2.79. The number of amides is 3.